The lowest BCUT2D eigenvalue weighted by atomic mass is 10.7. The molecular formula is C6H6ClFN2S. The predicted molar refractivity (Wildman–Crippen MR) is 43.4 cm³/mol. The van der Waals surface area contributed by atoms with Crippen molar-refractivity contribution in [3.63, 3.8) is 0 Å². The summed E-state index contributed by atoms with van der Waals surface area (Å²) in [5.74, 6) is 0.816. The summed E-state index contributed by atoms with van der Waals surface area (Å²) in [4.78, 5) is 6.81. The standard InChI is InChI=1S/C6H6ClFN2S/c1-2-11-5-4(7)3-9-6(8)10-5/h3H,2H2,1H3. The van der Waals surface area contributed by atoms with Gasteiger partial charge in [-0.05, 0) is 5.75 Å². The first kappa shape index (κ1) is 8.74. The molecule has 11 heavy (non-hydrogen) atoms. The van der Waals surface area contributed by atoms with Crippen molar-refractivity contribution in [1.82, 2.24) is 9.97 Å². The smallest absolute Gasteiger partial charge is 0.209 e. The molecule has 0 N–H and O–H groups in total. The van der Waals surface area contributed by atoms with Crippen molar-refractivity contribution < 1.29 is 4.39 Å². The van der Waals surface area contributed by atoms with Gasteiger partial charge in [-0.15, -0.1) is 11.8 Å². The zero-order valence-corrected chi connectivity index (χ0v) is 7.42. The number of hydrogen-bond donors (Lipinski definition) is 0. The average Bonchev–Trinajstić information content (AvgIpc) is 1.98. The molecule has 1 heterocycles. The summed E-state index contributed by atoms with van der Waals surface area (Å²) < 4.78 is 12.4. The Morgan fingerprint density at radius 2 is 2.45 bits per heavy atom. The van der Waals surface area contributed by atoms with Gasteiger partial charge in [-0.25, -0.2) is 4.98 Å². The van der Waals surface area contributed by atoms with Gasteiger partial charge in [-0.3, -0.25) is 0 Å². The third-order valence-corrected chi connectivity index (χ3v) is 2.23. The zero-order chi connectivity index (χ0) is 8.27. The number of halogens is 2. The quantitative estimate of drug-likeness (QED) is 0.409. The fourth-order valence-corrected chi connectivity index (χ4v) is 1.43. The van der Waals surface area contributed by atoms with E-state index >= 15 is 0 Å². The van der Waals surface area contributed by atoms with Crippen LogP contribution in [0.15, 0.2) is 11.2 Å². The Bertz CT molecular complexity index is 256. The number of thioether (sulfide) groups is 1. The van der Waals surface area contributed by atoms with E-state index in [1.165, 1.54) is 18.0 Å². The maximum absolute atomic E-state index is 12.4. The van der Waals surface area contributed by atoms with Gasteiger partial charge in [0.1, 0.15) is 5.03 Å². The lowest BCUT2D eigenvalue weighted by Gasteiger charge is -1.98. The van der Waals surface area contributed by atoms with Gasteiger partial charge in [0, 0.05) is 0 Å². The van der Waals surface area contributed by atoms with Crippen LogP contribution >= 0.6 is 23.4 Å². The molecule has 0 fully saturated rings. The monoisotopic (exact) mass is 192 g/mol. The molecule has 0 amide bonds. The number of rotatable bonds is 2. The van der Waals surface area contributed by atoms with E-state index in [9.17, 15) is 4.39 Å². The summed E-state index contributed by atoms with van der Waals surface area (Å²) >= 11 is 7.06. The van der Waals surface area contributed by atoms with Crippen LogP contribution < -0.4 is 0 Å². The Morgan fingerprint density at radius 3 is 3.09 bits per heavy atom. The Morgan fingerprint density at radius 1 is 1.73 bits per heavy atom. The molecule has 0 saturated heterocycles. The van der Waals surface area contributed by atoms with Gasteiger partial charge in [0.25, 0.3) is 0 Å². The predicted octanol–water partition coefficient (Wildman–Crippen LogP) is 2.38. The van der Waals surface area contributed by atoms with Crippen LogP contribution in [0.4, 0.5) is 4.39 Å². The van der Waals surface area contributed by atoms with Crippen LogP contribution in [0.3, 0.4) is 0 Å². The molecule has 0 aromatic carbocycles. The topological polar surface area (TPSA) is 25.8 Å². The van der Waals surface area contributed by atoms with Crippen LogP contribution in [0.5, 0.6) is 0 Å². The van der Waals surface area contributed by atoms with Crippen LogP contribution in [0.2, 0.25) is 5.02 Å². The SMILES string of the molecule is CCSc1nc(F)ncc1Cl. The van der Waals surface area contributed by atoms with E-state index in [-0.39, 0.29) is 0 Å². The number of hydrogen-bond acceptors (Lipinski definition) is 3. The van der Waals surface area contributed by atoms with Crippen LogP contribution in [0.25, 0.3) is 0 Å². The van der Waals surface area contributed by atoms with Crippen LogP contribution in [-0.4, -0.2) is 15.7 Å². The second-order valence-electron chi connectivity index (χ2n) is 1.73. The van der Waals surface area contributed by atoms with E-state index in [4.69, 9.17) is 11.6 Å². The zero-order valence-electron chi connectivity index (χ0n) is 5.84. The minimum absolute atomic E-state index is 0.401. The third kappa shape index (κ3) is 2.31. The summed E-state index contributed by atoms with van der Waals surface area (Å²) in [6.45, 7) is 1.95. The van der Waals surface area contributed by atoms with Crippen molar-refractivity contribution in [3.05, 3.63) is 17.3 Å². The first-order valence-electron chi connectivity index (χ1n) is 3.05. The molecule has 2 nitrogen and oxygen atoms in total. The number of nitrogens with zero attached hydrogens (tertiary/aromatic N) is 2. The fraction of sp³-hybridized carbons (Fsp3) is 0.333. The molecule has 0 radical (unpaired) electrons. The van der Waals surface area contributed by atoms with Gasteiger partial charge in [0.05, 0.1) is 11.2 Å². The van der Waals surface area contributed by atoms with Gasteiger partial charge in [0.15, 0.2) is 0 Å². The fourth-order valence-electron chi connectivity index (χ4n) is 0.569. The van der Waals surface area contributed by atoms with Crippen molar-refractivity contribution >= 4 is 23.4 Å². The number of aromatic nitrogens is 2. The van der Waals surface area contributed by atoms with Crippen LogP contribution in [0, 0.1) is 6.08 Å². The normalized spacial score (nSPS) is 10.1. The molecule has 0 atom stereocenters. The highest BCUT2D eigenvalue weighted by molar-refractivity contribution is 7.99. The van der Waals surface area contributed by atoms with Crippen molar-refractivity contribution in [1.29, 1.82) is 0 Å². The van der Waals surface area contributed by atoms with E-state index in [1.54, 1.807) is 0 Å². The molecule has 5 heteroatoms. The molecule has 1 aromatic rings. The molecule has 0 saturated carbocycles. The molecule has 0 aliphatic rings. The Kier molecular flexibility index (Phi) is 3.08. The van der Waals surface area contributed by atoms with E-state index in [0.29, 0.717) is 10.0 Å². The summed E-state index contributed by atoms with van der Waals surface area (Å²) in [6, 6.07) is 0. The van der Waals surface area contributed by atoms with E-state index in [0.717, 1.165) is 5.75 Å². The average molecular weight is 193 g/mol. The van der Waals surface area contributed by atoms with Crippen molar-refractivity contribution in [2.75, 3.05) is 5.75 Å². The van der Waals surface area contributed by atoms with Gasteiger partial charge in [-0.1, -0.05) is 18.5 Å². The molecule has 0 bridgehead atoms. The highest BCUT2D eigenvalue weighted by atomic mass is 35.5. The van der Waals surface area contributed by atoms with Crippen molar-refractivity contribution in [2.45, 2.75) is 11.9 Å². The maximum atomic E-state index is 12.4. The first-order valence-corrected chi connectivity index (χ1v) is 4.41. The van der Waals surface area contributed by atoms with Crippen LogP contribution in [-0.2, 0) is 0 Å². The van der Waals surface area contributed by atoms with Gasteiger partial charge in [-0.2, -0.15) is 9.37 Å². The molecule has 0 spiro atoms. The second-order valence-corrected chi connectivity index (χ2v) is 3.39. The van der Waals surface area contributed by atoms with Crippen molar-refractivity contribution in [2.24, 2.45) is 0 Å². The molecular weight excluding hydrogens is 187 g/mol. The van der Waals surface area contributed by atoms with Gasteiger partial charge < -0.3 is 0 Å². The first-order chi connectivity index (χ1) is 5.24. The molecule has 1 aromatic heterocycles. The summed E-state index contributed by atoms with van der Waals surface area (Å²) in [5, 5.41) is 0.903. The van der Waals surface area contributed by atoms with Crippen LogP contribution in [0.1, 0.15) is 6.92 Å². The molecule has 0 unspecified atom stereocenters. The van der Waals surface area contributed by atoms with E-state index in [2.05, 4.69) is 9.97 Å². The van der Waals surface area contributed by atoms with Gasteiger partial charge in [0.2, 0.25) is 0 Å². The minimum atomic E-state index is -0.731. The molecule has 1 rings (SSSR count). The Hall–Kier alpha value is -0.350. The minimum Gasteiger partial charge on any atom is -0.209 e. The van der Waals surface area contributed by atoms with Crippen molar-refractivity contribution in [3.8, 4) is 0 Å². The largest absolute Gasteiger partial charge is 0.309 e. The molecule has 0 aliphatic heterocycles. The van der Waals surface area contributed by atoms with Gasteiger partial charge >= 0.3 is 6.08 Å². The lowest BCUT2D eigenvalue weighted by Crippen LogP contribution is -1.90. The Balaban J connectivity index is 2.93. The second kappa shape index (κ2) is 3.88. The highest BCUT2D eigenvalue weighted by Crippen LogP contribution is 2.23. The van der Waals surface area contributed by atoms with E-state index in [1.807, 2.05) is 6.92 Å². The third-order valence-electron chi connectivity index (χ3n) is 0.964. The lowest BCUT2D eigenvalue weighted by molar-refractivity contribution is 0.527. The Labute approximate surface area is 73.2 Å². The van der Waals surface area contributed by atoms with E-state index < -0.39 is 6.08 Å². The summed E-state index contributed by atoms with van der Waals surface area (Å²) in [6.07, 6.45) is 0.535. The summed E-state index contributed by atoms with van der Waals surface area (Å²) in [5.41, 5.74) is 0. The molecule has 0 aliphatic carbocycles. The maximum Gasteiger partial charge on any atom is 0.309 e. The molecule has 60 valence electrons. The highest BCUT2D eigenvalue weighted by Gasteiger charge is 2.03. The summed E-state index contributed by atoms with van der Waals surface area (Å²) in [7, 11) is 0.